The molecule has 158 valence electrons. The fourth-order valence-corrected chi connectivity index (χ4v) is 4.96. The molecular weight excluding hydrogens is 424 g/mol. The number of carbonyl (C=O) groups is 2. The Morgan fingerprint density at radius 3 is 2.57 bits per heavy atom. The van der Waals surface area contributed by atoms with Crippen molar-refractivity contribution < 1.29 is 22.7 Å². The molecule has 0 unspecified atom stereocenters. The van der Waals surface area contributed by atoms with Crippen LogP contribution >= 0.6 is 11.3 Å². The third kappa shape index (κ3) is 4.52. The van der Waals surface area contributed by atoms with E-state index in [-0.39, 0.29) is 23.6 Å². The van der Waals surface area contributed by atoms with E-state index in [2.05, 4.69) is 4.99 Å². The number of aromatic nitrogens is 1. The molecule has 1 aromatic heterocycles. The van der Waals surface area contributed by atoms with E-state index in [0.29, 0.717) is 4.80 Å². The van der Waals surface area contributed by atoms with Crippen molar-refractivity contribution in [2.24, 2.45) is 4.99 Å². The highest BCUT2D eigenvalue weighted by molar-refractivity contribution is 7.92. The van der Waals surface area contributed by atoms with Gasteiger partial charge in [0.2, 0.25) is 0 Å². The molecule has 0 aliphatic carbocycles. The highest BCUT2D eigenvalue weighted by atomic mass is 32.2. The minimum Gasteiger partial charge on any atom is -0.465 e. The van der Waals surface area contributed by atoms with E-state index in [1.54, 1.807) is 25.3 Å². The first-order chi connectivity index (χ1) is 14.2. The molecule has 0 radical (unpaired) electrons. The average molecular weight is 447 g/mol. The summed E-state index contributed by atoms with van der Waals surface area (Å²) in [6.07, 6.45) is 0. The van der Waals surface area contributed by atoms with E-state index in [4.69, 9.17) is 4.74 Å². The van der Waals surface area contributed by atoms with Crippen LogP contribution in [0.15, 0.2) is 58.4 Å². The molecule has 1 heterocycles. The quantitative estimate of drug-likeness (QED) is 0.542. The topological polar surface area (TPSA) is 94.8 Å². The molecule has 0 N–H and O–H groups in total. The van der Waals surface area contributed by atoms with Gasteiger partial charge >= 0.3 is 5.97 Å². The first-order valence-corrected chi connectivity index (χ1v) is 11.8. The van der Waals surface area contributed by atoms with Crippen molar-refractivity contribution in [1.82, 2.24) is 4.57 Å². The SMILES string of the molecule is CCOC(=O)Cn1c(=NC(=O)c2cccc(S(=O)(=O)C(C)C)c2)sc2ccccc21. The minimum absolute atomic E-state index is 0.0776. The van der Waals surface area contributed by atoms with Gasteiger partial charge in [0.1, 0.15) is 6.54 Å². The van der Waals surface area contributed by atoms with Crippen molar-refractivity contribution in [3.05, 3.63) is 58.9 Å². The molecule has 3 aromatic rings. The summed E-state index contributed by atoms with van der Waals surface area (Å²) in [5.74, 6) is -1.01. The van der Waals surface area contributed by atoms with Crippen LogP contribution < -0.4 is 4.80 Å². The van der Waals surface area contributed by atoms with Crippen molar-refractivity contribution >= 4 is 43.3 Å². The zero-order chi connectivity index (χ0) is 21.9. The van der Waals surface area contributed by atoms with Gasteiger partial charge in [0.15, 0.2) is 14.6 Å². The maximum absolute atomic E-state index is 12.8. The standard InChI is InChI=1S/C21H22N2O5S2/c1-4-28-19(24)13-23-17-10-5-6-11-18(17)29-21(23)22-20(25)15-8-7-9-16(12-15)30(26,27)14(2)3/h5-12,14H,4,13H2,1-3H3. The molecule has 7 nitrogen and oxygen atoms in total. The number of nitrogens with zero attached hydrogens (tertiary/aromatic N) is 2. The first-order valence-electron chi connectivity index (χ1n) is 9.41. The number of hydrogen-bond donors (Lipinski definition) is 0. The van der Waals surface area contributed by atoms with Gasteiger partial charge < -0.3 is 9.30 Å². The van der Waals surface area contributed by atoms with E-state index in [1.807, 2.05) is 24.3 Å². The smallest absolute Gasteiger partial charge is 0.326 e. The molecule has 0 saturated heterocycles. The molecule has 30 heavy (non-hydrogen) atoms. The lowest BCUT2D eigenvalue weighted by atomic mass is 10.2. The Morgan fingerprint density at radius 2 is 1.87 bits per heavy atom. The Bertz CT molecular complexity index is 1270. The predicted molar refractivity (Wildman–Crippen MR) is 115 cm³/mol. The third-order valence-electron chi connectivity index (χ3n) is 4.41. The van der Waals surface area contributed by atoms with E-state index in [9.17, 15) is 18.0 Å². The van der Waals surface area contributed by atoms with Gasteiger partial charge in [-0.05, 0) is 51.1 Å². The largest absolute Gasteiger partial charge is 0.465 e. The first kappa shape index (κ1) is 21.9. The van der Waals surface area contributed by atoms with Crippen LogP contribution in [0, 0.1) is 0 Å². The third-order valence-corrected chi connectivity index (χ3v) is 7.62. The minimum atomic E-state index is -3.51. The van der Waals surface area contributed by atoms with Crippen LogP contribution in [-0.4, -0.2) is 36.7 Å². The van der Waals surface area contributed by atoms with Crippen LogP contribution in [0.1, 0.15) is 31.1 Å². The van der Waals surface area contributed by atoms with Gasteiger partial charge in [-0.2, -0.15) is 4.99 Å². The lowest BCUT2D eigenvalue weighted by Crippen LogP contribution is -2.23. The van der Waals surface area contributed by atoms with E-state index in [0.717, 1.165) is 10.2 Å². The molecule has 0 aliphatic heterocycles. The van der Waals surface area contributed by atoms with Crippen LogP contribution in [0.5, 0.6) is 0 Å². The molecule has 0 fully saturated rings. The van der Waals surface area contributed by atoms with Gasteiger partial charge in [-0.25, -0.2) is 8.42 Å². The lowest BCUT2D eigenvalue weighted by molar-refractivity contribution is -0.143. The van der Waals surface area contributed by atoms with Crippen LogP contribution in [0.3, 0.4) is 0 Å². The molecule has 1 amide bonds. The summed E-state index contributed by atoms with van der Waals surface area (Å²) >= 11 is 1.27. The van der Waals surface area contributed by atoms with Gasteiger partial charge in [-0.1, -0.05) is 29.5 Å². The number of para-hydroxylation sites is 1. The summed E-state index contributed by atoms with van der Waals surface area (Å²) in [7, 11) is -3.51. The Balaban J connectivity index is 2.07. The Kier molecular flexibility index (Phi) is 6.52. The maximum Gasteiger partial charge on any atom is 0.326 e. The summed E-state index contributed by atoms with van der Waals surface area (Å²) in [6, 6.07) is 13.3. The number of amides is 1. The molecule has 0 saturated carbocycles. The average Bonchev–Trinajstić information content (AvgIpc) is 3.05. The molecule has 0 aliphatic rings. The predicted octanol–water partition coefficient (Wildman–Crippen LogP) is 3.19. The zero-order valence-electron chi connectivity index (χ0n) is 16.9. The number of fused-ring (bicyclic) bond motifs is 1. The number of hydrogen-bond acceptors (Lipinski definition) is 6. The summed E-state index contributed by atoms with van der Waals surface area (Å²) in [6.45, 7) is 5.07. The van der Waals surface area contributed by atoms with Crippen molar-refractivity contribution in [3.8, 4) is 0 Å². The molecule has 0 atom stereocenters. The summed E-state index contributed by atoms with van der Waals surface area (Å²) < 4.78 is 32.4. The summed E-state index contributed by atoms with van der Waals surface area (Å²) in [5.41, 5.74) is 0.926. The molecule has 0 bridgehead atoms. The second-order valence-corrected chi connectivity index (χ2v) is 10.3. The molecular formula is C21H22N2O5S2. The zero-order valence-corrected chi connectivity index (χ0v) is 18.5. The number of ether oxygens (including phenoxy) is 1. The van der Waals surface area contributed by atoms with Crippen LogP contribution in [-0.2, 0) is 25.9 Å². The van der Waals surface area contributed by atoms with Crippen LogP contribution in [0.25, 0.3) is 10.2 Å². The molecule has 9 heteroatoms. The fourth-order valence-electron chi connectivity index (χ4n) is 2.82. The second-order valence-electron chi connectivity index (χ2n) is 6.78. The highest BCUT2D eigenvalue weighted by Crippen LogP contribution is 2.19. The normalized spacial score (nSPS) is 12.5. The van der Waals surface area contributed by atoms with Crippen LogP contribution in [0.2, 0.25) is 0 Å². The molecule has 3 rings (SSSR count). The van der Waals surface area contributed by atoms with Gasteiger partial charge in [0.05, 0.1) is 27.0 Å². The van der Waals surface area contributed by atoms with Gasteiger partial charge in [0.25, 0.3) is 5.91 Å². The van der Waals surface area contributed by atoms with Crippen molar-refractivity contribution in [3.63, 3.8) is 0 Å². The number of esters is 1. The fraction of sp³-hybridized carbons (Fsp3) is 0.286. The lowest BCUT2D eigenvalue weighted by Gasteiger charge is -2.08. The maximum atomic E-state index is 12.8. The van der Waals surface area contributed by atoms with Gasteiger partial charge in [-0.3, -0.25) is 9.59 Å². The van der Waals surface area contributed by atoms with E-state index in [1.165, 1.54) is 35.6 Å². The Morgan fingerprint density at radius 1 is 1.13 bits per heavy atom. The van der Waals surface area contributed by atoms with Crippen molar-refractivity contribution in [2.45, 2.75) is 37.5 Å². The summed E-state index contributed by atoms with van der Waals surface area (Å²) in [4.78, 5) is 29.5. The number of benzene rings is 2. The second kappa shape index (κ2) is 8.93. The van der Waals surface area contributed by atoms with Crippen LogP contribution in [0.4, 0.5) is 0 Å². The Labute approximate surface area is 178 Å². The molecule has 2 aromatic carbocycles. The molecule has 0 spiro atoms. The van der Waals surface area contributed by atoms with E-state index >= 15 is 0 Å². The monoisotopic (exact) mass is 446 g/mol. The number of rotatable bonds is 6. The Hall–Kier alpha value is -2.78. The highest BCUT2D eigenvalue weighted by Gasteiger charge is 2.20. The van der Waals surface area contributed by atoms with Crippen molar-refractivity contribution in [1.29, 1.82) is 0 Å². The summed E-state index contributed by atoms with van der Waals surface area (Å²) in [5, 5.41) is -0.603. The number of thiazole rings is 1. The number of carbonyl (C=O) groups excluding carboxylic acids is 2. The van der Waals surface area contributed by atoms with Gasteiger partial charge in [0, 0.05) is 5.56 Å². The van der Waals surface area contributed by atoms with E-state index < -0.39 is 27.0 Å². The van der Waals surface area contributed by atoms with Crippen molar-refractivity contribution in [2.75, 3.05) is 6.61 Å². The number of sulfone groups is 1. The van der Waals surface area contributed by atoms with Gasteiger partial charge in [-0.15, -0.1) is 0 Å².